The van der Waals surface area contributed by atoms with Gasteiger partial charge in [0, 0.05) is 30.9 Å². The van der Waals surface area contributed by atoms with Gasteiger partial charge < -0.3 is 10.2 Å². The maximum Gasteiger partial charge on any atom is 0.251 e. The molecule has 22 heavy (non-hydrogen) atoms. The van der Waals surface area contributed by atoms with E-state index in [1.54, 1.807) is 0 Å². The summed E-state index contributed by atoms with van der Waals surface area (Å²) in [7, 11) is 0. The monoisotopic (exact) mass is 298 g/mol. The molecule has 0 unspecified atom stereocenters. The summed E-state index contributed by atoms with van der Waals surface area (Å²) >= 11 is 0. The number of benzene rings is 2. The summed E-state index contributed by atoms with van der Waals surface area (Å²) < 4.78 is 12.8. The van der Waals surface area contributed by atoms with Crippen LogP contribution >= 0.6 is 0 Å². The summed E-state index contributed by atoms with van der Waals surface area (Å²) in [6.07, 6.45) is 1.07. The first-order valence-corrected chi connectivity index (χ1v) is 7.56. The highest BCUT2D eigenvalue weighted by atomic mass is 19.1. The Labute approximate surface area is 129 Å². The molecule has 0 aromatic heterocycles. The molecule has 3 rings (SSSR count). The first-order chi connectivity index (χ1) is 10.7. The Bertz CT molecular complexity index is 627. The second-order valence-corrected chi connectivity index (χ2v) is 5.65. The average Bonchev–Trinajstić information content (AvgIpc) is 3.03. The van der Waals surface area contributed by atoms with Crippen molar-refractivity contribution in [3.63, 3.8) is 0 Å². The van der Waals surface area contributed by atoms with Gasteiger partial charge in [-0.05, 0) is 48.7 Å². The lowest BCUT2D eigenvalue weighted by molar-refractivity contribution is 0.0948. The third kappa shape index (κ3) is 3.45. The molecule has 3 nitrogen and oxygen atoms in total. The van der Waals surface area contributed by atoms with Crippen LogP contribution in [0.15, 0.2) is 54.6 Å². The molecule has 1 aliphatic heterocycles. The van der Waals surface area contributed by atoms with E-state index in [1.165, 1.54) is 30.0 Å². The van der Waals surface area contributed by atoms with Gasteiger partial charge >= 0.3 is 0 Å². The van der Waals surface area contributed by atoms with Crippen molar-refractivity contribution in [1.29, 1.82) is 0 Å². The number of hydrogen-bond acceptors (Lipinski definition) is 2. The van der Waals surface area contributed by atoms with Gasteiger partial charge in [0.15, 0.2) is 0 Å². The zero-order chi connectivity index (χ0) is 15.4. The largest absolute Gasteiger partial charge is 0.371 e. The molecule has 2 aromatic rings. The lowest BCUT2D eigenvalue weighted by Gasteiger charge is -2.18. The fourth-order valence-electron chi connectivity index (χ4n) is 2.81. The summed E-state index contributed by atoms with van der Waals surface area (Å²) in [5.41, 5.74) is 1.73. The van der Waals surface area contributed by atoms with Crippen molar-refractivity contribution >= 4 is 11.6 Å². The zero-order valence-electron chi connectivity index (χ0n) is 12.3. The molecule has 2 aromatic carbocycles. The molecule has 1 aliphatic rings. The summed E-state index contributed by atoms with van der Waals surface area (Å²) in [4.78, 5) is 14.4. The normalized spacial score (nSPS) is 17.5. The van der Waals surface area contributed by atoms with Crippen molar-refractivity contribution < 1.29 is 9.18 Å². The number of rotatable bonds is 4. The minimum absolute atomic E-state index is 0.141. The van der Waals surface area contributed by atoms with E-state index in [9.17, 15) is 9.18 Å². The lowest BCUT2D eigenvalue weighted by Crippen LogP contribution is -2.31. The number of amides is 1. The number of carbonyl (C=O) groups excluding carboxylic acids is 1. The summed E-state index contributed by atoms with van der Waals surface area (Å²) in [6.45, 7) is 2.62. The van der Waals surface area contributed by atoms with Crippen LogP contribution in [0.25, 0.3) is 0 Å². The Hall–Kier alpha value is -2.36. The van der Waals surface area contributed by atoms with Crippen LogP contribution in [0.2, 0.25) is 0 Å². The molecular formula is C18H19FN2O. The van der Waals surface area contributed by atoms with Crippen molar-refractivity contribution in [2.24, 2.45) is 5.92 Å². The van der Waals surface area contributed by atoms with E-state index >= 15 is 0 Å². The highest BCUT2D eigenvalue weighted by molar-refractivity contribution is 5.94. The smallest absolute Gasteiger partial charge is 0.251 e. The zero-order valence-corrected chi connectivity index (χ0v) is 12.3. The quantitative estimate of drug-likeness (QED) is 0.941. The highest BCUT2D eigenvalue weighted by Crippen LogP contribution is 2.23. The number of carbonyl (C=O) groups is 1. The third-order valence-electron chi connectivity index (χ3n) is 4.06. The molecule has 114 valence electrons. The third-order valence-corrected chi connectivity index (χ3v) is 4.06. The van der Waals surface area contributed by atoms with Crippen LogP contribution in [0.3, 0.4) is 0 Å². The van der Waals surface area contributed by atoms with E-state index in [2.05, 4.69) is 22.3 Å². The van der Waals surface area contributed by atoms with E-state index in [4.69, 9.17) is 0 Å². The molecular weight excluding hydrogens is 279 g/mol. The molecule has 0 bridgehead atoms. The van der Waals surface area contributed by atoms with Crippen LogP contribution in [-0.2, 0) is 0 Å². The van der Waals surface area contributed by atoms with Gasteiger partial charge in [0.1, 0.15) is 5.82 Å². The fraction of sp³-hybridized carbons (Fsp3) is 0.278. The van der Waals surface area contributed by atoms with E-state index in [-0.39, 0.29) is 11.7 Å². The maximum atomic E-state index is 12.8. The summed E-state index contributed by atoms with van der Waals surface area (Å²) in [5.74, 6) is -0.0198. The Kier molecular flexibility index (Phi) is 4.37. The number of nitrogens with zero attached hydrogens (tertiary/aromatic N) is 1. The molecule has 0 radical (unpaired) electrons. The van der Waals surface area contributed by atoms with E-state index in [0.29, 0.717) is 18.0 Å². The molecule has 1 fully saturated rings. The number of hydrogen-bond donors (Lipinski definition) is 1. The lowest BCUT2D eigenvalue weighted by atomic mass is 10.1. The van der Waals surface area contributed by atoms with Crippen molar-refractivity contribution in [3.8, 4) is 0 Å². The van der Waals surface area contributed by atoms with Gasteiger partial charge in [-0.1, -0.05) is 18.2 Å². The minimum atomic E-state index is -0.328. The van der Waals surface area contributed by atoms with Crippen molar-refractivity contribution in [1.82, 2.24) is 5.32 Å². The molecule has 1 saturated heterocycles. The number of nitrogens with one attached hydrogen (secondary N) is 1. The van der Waals surface area contributed by atoms with Crippen LogP contribution in [0, 0.1) is 11.7 Å². The number of anilines is 1. The second-order valence-electron chi connectivity index (χ2n) is 5.65. The van der Waals surface area contributed by atoms with E-state index in [1.807, 2.05) is 18.2 Å². The predicted molar refractivity (Wildman–Crippen MR) is 85.5 cm³/mol. The Morgan fingerprint density at radius 1 is 1.14 bits per heavy atom. The molecule has 1 heterocycles. The van der Waals surface area contributed by atoms with Crippen LogP contribution in [0.4, 0.5) is 10.1 Å². The number of para-hydroxylation sites is 1. The highest BCUT2D eigenvalue weighted by Gasteiger charge is 2.23. The van der Waals surface area contributed by atoms with Gasteiger partial charge in [-0.15, -0.1) is 0 Å². The molecule has 1 amide bonds. The van der Waals surface area contributed by atoms with Gasteiger partial charge in [0.25, 0.3) is 5.91 Å². The molecule has 1 atom stereocenters. The fourth-order valence-corrected chi connectivity index (χ4v) is 2.81. The van der Waals surface area contributed by atoms with E-state index < -0.39 is 0 Å². The molecule has 4 heteroatoms. The van der Waals surface area contributed by atoms with Gasteiger partial charge in [0.2, 0.25) is 0 Å². The van der Waals surface area contributed by atoms with Gasteiger partial charge in [-0.25, -0.2) is 4.39 Å². The van der Waals surface area contributed by atoms with E-state index in [0.717, 1.165) is 19.5 Å². The van der Waals surface area contributed by atoms with Crippen molar-refractivity contribution in [3.05, 3.63) is 66.0 Å². The van der Waals surface area contributed by atoms with Gasteiger partial charge in [0.05, 0.1) is 0 Å². The molecule has 1 N–H and O–H groups in total. The molecule has 0 spiro atoms. The van der Waals surface area contributed by atoms with Crippen LogP contribution in [-0.4, -0.2) is 25.5 Å². The standard InChI is InChI=1S/C18H19FN2O/c19-16-8-6-15(7-9-16)18(22)20-12-14-10-11-21(13-14)17-4-2-1-3-5-17/h1-9,14H,10-13H2,(H,20,22)/t14-/m1/s1. The first-order valence-electron chi connectivity index (χ1n) is 7.56. The SMILES string of the molecule is O=C(NC[C@H]1CCN(c2ccccc2)C1)c1ccc(F)cc1. The molecule has 0 saturated carbocycles. The Balaban J connectivity index is 1.50. The molecule has 0 aliphatic carbocycles. The number of halogens is 1. The van der Waals surface area contributed by atoms with Gasteiger partial charge in [-0.2, -0.15) is 0 Å². The van der Waals surface area contributed by atoms with Crippen molar-refractivity contribution in [2.45, 2.75) is 6.42 Å². The Morgan fingerprint density at radius 2 is 1.86 bits per heavy atom. The van der Waals surface area contributed by atoms with Crippen LogP contribution in [0.5, 0.6) is 0 Å². The topological polar surface area (TPSA) is 32.3 Å². The Morgan fingerprint density at radius 3 is 2.59 bits per heavy atom. The van der Waals surface area contributed by atoms with Crippen LogP contribution in [0.1, 0.15) is 16.8 Å². The first kappa shape index (κ1) is 14.6. The second kappa shape index (κ2) is 6.60. The average molecular weight is 298 g/mol. The predicted octanol–water partition coefficient (Wildman–Crippen LogP) is 3.08. The summed E-state index contributed by atoms with van der Waals surface area (Å²) in [6, 6.07) is 15.9. The minimum Gasteiger partial charge on any atom is -0.371 e. The van der Waals surface area contributed by atoms with Gasteiger partial charge in [-0.3, -0.25) is 4.79 Å². The summed E-state index contributed by atoms with van der Waals surface area (Å²) in [5, 5.41) is 2.94. The van der Waals surface area contributed by atoms with Crippen molar-refractivity contribution in [2.75, 3.05) is 24.5 Å². The van der Waals surface area contributed by atoms with Crippen LogP contribution < -0.4 is 10.2 Å². The maximum absolute atomic E-state index is 12.8.